The molecule has 1 aromatic carbocycles. The number of nitrogens with two attached hydrogens (primary N) is 1. The largest absolute Gasteiger partial charge is 0.329 e. The summed E-state index contributed by atoms with van der Waals surface area (Å²) >= 11 is 6.05. The van der Waals surface area contributed by atoms with Crippen LogP contribution in [0.3, 0.4) is 0 Å². The second-order valence-corrected chi connectivity index (χ2v) is 5.52. The Bertz CT molecular complexity index is 453. The van der Waals surface area contributed by atoms with Gasteiger partial charge in [0, 0.05) is 17.3 Å². The summed E-state index contributed by atoms with van der Waals surface area (Å²) in [6.45, 7) is 2.35. The molecule has 3 nitrogen and oxygen atoms in total. The van der Waals surface area contributed by atoms with Crippen molar-refractivity contribution in [1.29, 1.82) is 0 Å². The summed E-state index contributed by atoms with van der Waals surface area (Å²) in [5.41, 5.74) is 7.16. The molecule has 0 heterocycles. The van der Waals surface area contributed by atoms with Crippen molar-refractivity contribution in [2.45, 2.75) is 32.6 Å². The SMILES string of the molecule is Cc1ccc(NC(=O)C2(CN)CCCC2)cc1Cl. The molecule has 0 atom stereocenters. The molecule has 1 aliphatic carbocycles. The van der Waals surface area contributed by atoms with Crippen LogP contribution in [0, 0.1) is 12.3 Å². The third-order valence-electron chi connectivity index (χ3n) is 3.86. The fourth-order valence-electron chi connectivity index (χ4n) is 2.51. The van der Waals surface area contributed by atoms with Gasteiger partial charge in [-0.25, -0.2) is 0 Å². The molecule has 0 aliphatic heterocycles. The number of amides is 1. The molecule has 1 aromatic rings. The summed E-state index contributed by atoms with van der Waals surface area (Å²) in [6, 6.07) is 5.56. The third-order valence-corrected chi connectivity index (χ3v) is 4.27. The first-order chi connectivity index (χ1) is 8.57. The lowest BCUT2D eigenvalue weighted by Gasteiger charge is -2.25. The van der Waals surface area contributed by atoms with Crippen LogP contribution in [0.15, 0.2) is 18.2 Å². The minimum Gasteiger partial charge on any atom is -0.329 e. The molecule has 3 N–H and O–H groups in total. The van der Waals surface area contributed by atoms with E-state index in [0.29, 0.717) is 11.6 Å². The highest BCUT2D eigenvalue weighted by Gasteiger charge is 2.39. The molecule has 0 saturated heterocycles. The maximum Gasteiger partial charge on any atom is 0.231 e. The van der Waals surface area contributed by atoms with Crippen LogP contribution >= 0.6 is 11.6 Å². The Morgan fingerprint density at radius 3 is 2.67 bits per heavy atom. The average molecular weight is 267 g/mol. The summed E-state index contributed by atoms with van der Waals surface area (Å²) in [7, 11) is 0. The van der Waals surface area contributed by atoms with E-state index in [1.807, 2.05) is 19.1 Å². The van der Waals surface area contributed by atoms with Crippen LogP contribution in [0.1, 0.15) is 31.2 Å². The van der Waals surface area contributed by atoms with Gasteiger partial charge in [0.05, 0.1) is 5.41 Å². The Balaban J connectivity index is 2.13. The van der Waals surface area contributed by atoms with Crippen molar-refractivity contribution >= 4 is 23.2 Å². The van der Waals surface area contributed by atoms with E-state index in [-0.39, 0.29) is 11.3 Å². The van der Waals surface area contributed by atoms with E-state index in [9.17, 15) is 4.79 Å². The molecule has 1 amide bonds. The molecule has 18 heavy (non-hydrogen) atoms. The first-order valence-electron chi connectivity index (χ1n) is 6.35. The van der Waals surface area contributed by atoms with Crippen LogP contribution < -0.4 is 11.1 Å². The van der Waals surface area contributed by atoms with Crippen molar-refractivity contribution in [2.75, 3.05) is 11.9 Å². The molecule has 1 saturated carbocycles. The highest BCUT2D eigenvalue weighted by atomic mass is 35.5. The van der Waals surface area contributed by atoms with E-state index in [0.717, 1.165) is 36.9 Å². The second-order valence-electron chi connectivity index (χ2n) is 5.11. The van der Waals surface area contributed by atoms with E-state index < -0.39 is 0 Å². The Kier molecular flexibility index (Phi) is 3.93. The van der Waals surface area contributed by atoms with Gasteiger partial charge in [-0.1, -0.05) is 30.5 Å². The van der Waals surface area contributed by atoms with Gasteiger partial charge in [-0.05, 0) is 37.5 Å². The first kappa shape index (κ1) is 13.4. The highest BCUT2D eigenvalue weighted by Crippen LogP contribution is 2.38. The van der Waals surface area contributed by atoms with Gasteiger partial charge in [0.15, 0.2) is 0 Å². The van der Waals surface area contributed by atoms with Crippen LogP contribution in [-0.2, 0) is 4.79 Å². The smallest absolute Gasteiger partial charge is 0.231 e. The van der Waals surface area contributed by atoms with Crippen LogP contribution in [0.25, 0.3) is 0 Å². The minimum atomic E-state index is -0.378. The summed E-state index contributed by atoms with van der Waals surface area (Å²) in [6.07, 6.45) is 3.93. The van der Waals surface area contributed by atoms with Gasteiger partial charge in [-0.2, -0.15) is 0 Å². The van der Waals surface area contributed by atoms with Crippen LogP contribution in [-0.4, -0.2) is 12.5 Å². The number of carbonyl (C=O) groups is 1. The predicted octanol–water partition coefficient (Wildman–Crippen LogP) is 3.11. The quantitative estimate of drug-likeness (QED) is 0.883. The van der Waals surface area contributed by atoms with E-state index in [1.165, 1.54) is 0 Å². The average Bonchev–Trinajstić information content (AvgIpc) is 2.84. The van der Waals surface area contributed by atoms with Gasteiger partial charge in [0.2, 0.25) is 5.91 Å². The zero-order valence-electron chi connectivity index (χ0n) is 10.6. The van der Waals surface area contributed by atoms with Crippen molar-refractivity contribution in [1.82, 2.24) is 0 Å². The van der Waals surface area contributed by atoms with Gasteiger partial charge in [0.1, 0.15) is 0 Å². The molecular formula is C14H19ClN2O. The van der Waals surface area contributed by atoms with Gasteiger partial charge >= 0.3 is 0 Å². The first-order valence-corrected chi connectivity index (χ1v) is 6.73. The topological polar surface area (TPSA) is 55.1 Å². The maximum absolute atomic E-state index is 12.3. The minimum absolute atomic E-state index is 0.0300. The van der Waals surface area contributed by atoms with Gasteiger partial charge < -0.3 is 11.1 Å². The molecule has 2 rings (SSSR count). The number of anilines is 1. The van der Waals surface area contributed by atoms with Crippen molar-refractivity contribution in [3.8, 4) is 0 Å². The van der Waals surface area contributed by atoms with E-state index in [1.54, 1.807) is 6.07 Å². The summed E-state index contributed by atoms with van der Waals surface area (Å²) in [5.74, 6) is 0.0300. The summed E-state index contributed by atoms with van der Waals surface area (Å²) in [4.78, 5) is 12.3. The Morgan fingerprint density at radius 1 is 1.44 bits per heavy atom. The van der Waals surface area contributed by atoms with Crippen molar-refractivity contribution in [3.63, 3.8) is 0 Å². The predicted molar refractivity (Wildman–Crippen MR) is 74.8 cm³/mol. The van der Waals surface area contributed by atoms with Gasteiger partial charge in [-0.3, -0.25) is 4.79 Å². The third kappa shape index (κ3) is 2.52. The normalized spacial score (nSPS) is 17.7. The number of benzene rings is 1. The summed E-state index contributed by atoms with van der Waals surface area (Å²) < 4.78 is 0. The number of hydrogen-bond acceptors (Lipinski definition) is 2. The molecular weight excluding hydrogens is 248 g/mol. The highest BCUT2D eigenvalue weighted by molar-refractivity contribution is 6.31. The molecule has 0 aromatic heterocycles. The van der Waals surface area contributed by atoms with Gasteiger partial charge in [-0.15, -0.1) is 0 Å². The van der Waals surface area contributed by atoms with Crippen molar-refractivity contribution < 1.29 is 4.79 Å². The fraction of sp³-hybridized carbons (Fsp3) is 0.500. The van der Waals surface area contributed by atoms with E-state index in [4.69, 9.17) is 17.3 Å². The number of nitrogens with one attached hydrogen (secondary N) is 1. The van der Waals surface area contributed by atoms with Crippen molar-refractivity contribution in [3.05, 3.63) is 28.8 Å². The van der Waals surface area contributed by atoms with E-state index >= 15 is 0 Å². The number of hydrogen-bond donors (Lipinski definition) is 2. The van der Waals surface area contributed by atoms with Crippen molar-refractivity contribution in [2.24, 2.45) is 11.1 Å². The Hall–Kier alpha value is -1.06. The lowest BCUT2D eigenvalue weighted by Crippen LogP contribution is -2.40. The van der Waals surface area contributed by atoms with Gasteiger partial charge in [0.25, 0.3) is 0 Å². The van der Waals surface area contributed by atoms with E-state index in [2.05, 4.69) is 5.32 Å². The Labute approximate surface area is 113 Å². The number of rotatable bonds is 3. The lowest BCUT2D eigenvalue weighted by molar-refractivity contribution is -0.124. The fourth-order valence-corrected chi connectivity index (χ4v) is 2.69. The molecule has 98 valence electrons. The molecule has 0 spiro atoms. The molecule has 0 unspecified atom stereocenters. The number of halogens is 1. The lowest BCUT2D eigenvalue weighted by atomic mass is 9.85. The molecule has 0 radical (unpaired) electrons. The monoisotopic (exact) mass is 266 g/mol. The molecule has 0 bridgehead atoms. The zero-order valence-corrected chi connectivity index (χ0v) is 11.4. The van der Waals surface area contributed by atoms with Crippen LogP contribution in [0.2, 0.25) is 5.02 Å². The number of carbonyl (C=O) groups excluding carboxylic acids is 1. The zero-order chi connectivity index (χ0) is 13.2. The standard InChI is InChI=1S/C14H19ClN2O/c1-10-4-5-11(8-12(10)15)17-13(18)14(9-16)6-2-3-7-14/h4-5,8H,2-3,6-7,9,16H2,1H3,(H,17,18). The molecule has 1 aliphatic rings. The Morgan fingerprint density at radius 2 is 2.11 bits per heavy atom. The summed E-state index contributed by atoms with van der Waals surface area (Å²) in [5, 5.41) is 3.61. The van der Waals surface area contributed by atoms with Crippen LogP contribution in [0.5, 0.6) is 0 Å². The molecule has 4 heteroatoms. The number of aryl methyl sites for hydroxylation is 1. The maximum atomic E-state index is 12.3. The second kappa shape index (κ2) is 5.29. The molecule has 1 fully saturated rings. The van der Waals surface area contributed by atoms with Crippen LogP contribution in [0.4, 0.5) is 5.69 Å².